The minimum absolute atomic E-state index is 0. The Bertz CT molecular complexity index is 814. The van der Waals surface area contributed by atoms with E-state index in [1.807, 2.05) is 6.07 Å². The summed E-state index contributed by atoms with van der Waals surface area (Å²) in [4.78, 5) is 37.0. The minimum Gasteiger partial charge on any atom is -0.303 e. The first-order valence-corrected chi connectivity index (χ1v) is 7.28. The Kier molecular flexibility index (Phi) is 6.22. The second-order valence-corrected chi connectivity index (χ2v) is 6.52. The van der Waals surface area contributed by atoms with Gasteiger partial charge in [-0.3, -0.25) is 14.5 Å². The van der Waals surface area contributed by atoms with E-state index < -0.39 is 45.6 Å². The molecule has 1 saturated heterocycles. The number of carbonyl (C=O) groups excluding carboxylic acids is 3. The van der Waals surface area contributed by atoms with Crippen molar-refractivity contribution >= 4 is 23.8 Å². The molecular formula is C17H14F3N2O3Y-. The van der Waals surface area contributed by atoms with Crippen molar-refractivity contribution in [3.63, 3.8) is 0 Å². The second kappa shape index (κ2) is 7.20. The zero-order chi connectivity index (χ0) is 19.2. The fourth-order valence-corrected chi connectivity index (χ4v) is 2.78. The molecule has 2 rings (SSSR count). The van der Waals surface area contributed by atoms with Gasteiger partial charge >= 0.3 is 6.18 Å². The van der Waals surface area contributed by atoms with Crippen LogP contribution in [0, 0.1) is 28.2 Å². The maximum atomic E-state index is 13.1. The van der Waals surface area contributed by atoms with E-state index in [1.165, 1.54) is 26.8 Å². The Labute approximate surface area is 173 Å². The first kappa shape index (κ1) is 22.5. The van der Waals surface area contributed by atoms with Crippen LogP contribution >= 0.6 is 0 Å². The maximum absolute atomic E-state index is 13.1. The summed E-state index contributed by atoms with van der Waals surface area (Å²) in [6.45, 7) is 4.35. The third-order valence-corrected chi connectivity index (χ3v) is 4.86. The molecule has 1 aromatic carbocycles. The molecule has 1 aromatic rings. The van der Waals surface area contributed by atoms with Crippen molar-refractivity contribution in [1.29, 1.82) is 5.26 Å². The third kappa shape index (κ3) is 3.23. The molecule has 1 atom stereocenters. The number of rotatable bonds is 3. The fraction of sp³-hybridized carbons (Fsp3) is 0.412. The molecule has 135 valence electrons. The van der Waals surface area contributed by atoms with Gasteiger partial charge in [0.2, 0.25) is 11.8 Å². The van der Waals surface area contributed by atoms with Gasteiger partial charge in [0.15, 0.2) is 0 Å². The van der Waals surface area contributed by atoms with E-state index in [4.69, 9.17) is 5.26 Å². The first-order chi connectivity index (χ1) is 11.4. The van der Waals surface area contributed by atoms with Crippen molar-refractivity contribution in [2.24, 2.45) is 10.8 Å². The number of benzene rings is 1. The van der Waals surface area contributed by atoms with Crippen LogP contribution in [0.3, 0.4) is 0 Å². The van der Waals surface area contributed by atoms with Crippen LogP contribution in [-0.4, -0.2) is 18.1 Å². The quantitative estimate of drug-likeness (QED) is 0.412. The van der Waals surface area contributed by atoms with E-state index in [0.29, 0.717) is 11.2 Å². The van der Waals surface area contributed by atoms with E-state index in [0.717, 1.165) is 12.1 Å². The van der Waals surface area contributed by atoms with Gasteiger partial charge in [0.25, 0.3) is 0 Å². The van der Waals surface area contributed by atoms with Gasteiger partial charge in [0.1, 0.15) is 6.29 Å². The van der Waals surface area contributed by atoms with E-state index >= 15 is 0 Å². The predicted octanol–water partition coefficient (Wildman–Crippen LogP) is 2.87. The Hall–Kier alpha value is -1.59. The second-order valence-electron chi connectivity index (χ2n) is 6.52. The first-order valence-electron chi connectivity index (χ1n) is 7.28. The van der Waals surface area contributed by atoms with Crippen molar-refractivity contribution < 1.29 is 60.3 Å². The van der Waals surface area contributed by atoms with Gasteiger partial charge in [-0.15, -0.1) is 12.1 Å². The molecule has 26 heavy (non-hydrogen) atoms. The molecule has 0 aromatic heterocycles. The SMILES string of the molecule is CC1(C)C(=O)N(c2[c-]c(C(F)(F)F)c(C#N)cc2)C(=O)C1(C)CC=O.[Y]. The number of hydrogen-bond donors (Lipinski definition) is 0. The molecule has 0 bridgehead atoms. The van der Waals surface area contributed by atoms with Crippen LogP contribution in [0.2, 0.25) is 0 Å². The largest absolute Gasteiger partial charge is 0.395 e. The maximum Gasteiger partial charge on any atom is 0.395 e. The zero-order valence-corrected chi connectivity index (χ0v) is 17.1. The molecule has 1 aliphatic heterocycles. The summed E-state index contributed by atoms with van der Waals surface area (Å²) in [7, 11) is 0. The van der Waals surface area contributed by atoms with Gasteiger partial charge in [0.05, 0.1) is 10.8 Å². The number of hydrogen-bond acceptors (Lipinski definition) is 4. The van der Waals surface area contributed by atoms with Crippen LogP contribution in [0.5, 0.6) is 0 Å². The monoisotopic (exact) mass is 440 g/mol. The summed E-state index contributed by atoms with van der Waals surface area (Å²) in [6.07, 6.45) is -4.61. The predicted molar refractivity (Wildman–Crippen MR) is 80.1 cm³/mol. The number of imide groups is 1. The normalized spacial score (nSPS) is 22.0. The van der Waals surface area contributed by atoms with E-state index in [1.54, 1.807) is 0 Å². The molecule has 5 nitrogen and oxygen atoms in total. The van der Waals surface area contributed by atoms with Gasteiger partial charge in [-0.2, -0.15) is 19.2 Å². The zero-order valence-electron chi connectivity index (χ0n) is 14.3. The van der Waals surface area contributed by atoms with Crippen LogP contribution in [0.1, 0.15) is 38.3 Å². The molecule has 0 aliphatic carbocycles. The Balaban J connectivity index is 0.00000338. The molecule has 1 radical (unpaired) electrons. The summed E-state index contributed by atoms with van der Waals surface area (Å²) in [6, 6.07) is 5.33. The number of nitriles is 1. The minimum atomic E-state index is -4.87. The molecule has 0 spiro atoms. The molecule has 1 aliphatic rings. The molecular weight excluding hydrogens is 426 g/mol. The smallest absolute Gasteiger partial charge is 0.303 e. The average Bonchev–Trinajstić information content (AvgIpc) is 2.65. The molecule has 0 saturated carbocycles. The van der Waals surface area contributed by atoms with Gasteiger partial charge < -0.3 is 4.79 Å². The summed E-state index contributed by atoms with van der Waals surface area (Å²) < 4.78 is 39.3. The van der Waals surface area contributed by atoms with E-state index in [9.17, 15) is 27.6 Å². The molecule has 1 fully saturated rings. The topological polar surface area (TPSA) is 78.2 Å². The standard InChI is InChI=1S/C17H14F3N2O3.Y/c1-15(2)13(24)22(14(25)16(15,3)6-7-23)11-5-4-10(9-21)12(8-11)17(18,19)20;/h4-5,7H,6H2,1-3H3;/q-1;. The average molecular weight is 440 g/mol. The van der Waals surface area contributed by atoms with Crippen molar-refractivity contribution in [2.45, 2.75) is 33.4 Å². The summed E-state index contributed by atoms with van der Waals surface area (Å²) in [5, 5.41) is 8.82. The molecule has 9 heteroatoms. The van der Waals surface area contributed by atoms with Crippen molar-refractivity contribution in [3.8, 4) is 6.07 Å². The Morgan fingerprint density at radius 2 is 1.81 bits per heavy atom. The number of anilines is 1. The van der Waals surface area contributed by atoms with Gasteiger partial charge in [-0.1, -0.05) is 5.69 Å². The van der Waals surface area contributed by atoms with Crippen molar-refractivity contribution in [2.75, 3.05) is 4.90 Å². The van der Waals surface area contributed by atoms with Crippen LogP contribution in [0.15, 0.2) is 12.1 Å². The molecule has 0 N–H and O–H groups in total. The summed E-state index contributed by atoms with van der Waals surface area (Å²) in [5.41, 5.74) is -5.08. The van der Waals surface area contributed by atoms with Crippen LogP contribution < -0.4 is 4.90 Å². The molecule has 1 heterocycles. The summed E-state index contributed by atoms with van der Waals surface area (Å²) in [5.74, 6) is -1.50. The van der Waals surface area contributed by atoms with E-state index in [-0.39, 0.29) is 39.1 Å². The Morgan fingerprint density at radius 3 is 2.27 bits per heavy atom. The number of halogens is 3. The Morgan fingerprint density at radius 1 is 1.23 bits per heavy atom. The van der Waals surface area contributed by atoms with Crippen LogP contribution in [0.4, 0.5) is 18.9 Å². The number of aldehydes is 1. The van der Waals surface area contributed by atoms with Crippen LogP contribution in [0.25, 0.3) is 0 Å². The molecule has 2 amide bonds. The number of carbonyl (C=O) groups is 3. The van der Waals surface area contributed by atoms with E-state index in [2.05, 4.69) is 0 Å². The van der Waals surface area contributed by atoms with Crippen LogP contribution in [-0.2, 0) is 53.3 Å². The van der Waals surface area contributed by atoms with Gasteiger partial charge in [-0.05, 0) is 31.9 Å². The number of alkyl halides is 3. The van der Waals surface area contributed by atoms with Gasteiger partial charge in [-0.25, -0.2) is 5.26 Å². The molecule has 1 unspecified atom stereocenters. The number of nitrogens with zero attached hydrogens (tertiary/aromatic N) is 2. The van der Waals surface area contributed by atoms with Gasteiger partial charge in [0, 0.05) is 45.2 Å². The van der Waals surface area contributed by atoms with Crippen molar-refractivity contribution in [3.05, 3.63) is 29.3 Å². The van der Waals surface area contributed by atoms with Crippen molar-refractivity contribution in [1.82, 2.24) is 0 Å². The summed E-state index contributed by atoms with van der Waals surface area (Å²) >= 11 is 0. The third-order valence-electron chi connectivity index (χ3n) is 4.86. The fourth-order valence-electron chi connectivity index (χ4n) is 2.78. The number of amides is 2.